The Labute approximate surface area is 57.3 Å². The predicted octanol–water partition coefficient (Wildman–Crippen LogP) is -0.373. The van der Waals surface area contributed by atoms with Crippen LogP contribution in [-0.2, 0) is 4.79 Å². The summed E-state index contributed by atoms with van der Waals surface area (Å²) in [7, 11) is 0. The molecule has 10 heavy (non-hydrogen) atoms. The van der Waals surface area contributed by atoms with E-state index in [1.165, 1.54) is 12.4 Å². The molecule has 0 aliphatic rings. The molecule has 1 aromatic heterocycles. The Bertz CT molecular complexity index is 237. The summed E-state index contributed by atoms with van der Waals surface area (Å²) in [5.41, 5.74) is 5.31. The molecule has 0 radical (unpaired) electrons. The number of hydrogen-bond acceptors (Lipinski definition) is 4. The standard InChI is InChI=1S/C5H6N4O/c6-4-5(9-3-10)8-2-1-7-4/h1-3H,(H2,6,7)(H,8,9,10). The first-order chi connectivity index (χ1) is 4.84. The number of rotatable bonds is 2. The molecule has 0 spiro atoms. The van der Waals surface area contributed by atoms with Crippen molar-refractivity contribution in [2.45, 2.75) is 0 Å². The summed E-state index contributed by atoms with van der Waals surface area (Å²) in [5.74, 6) is 0.507. The number of nitrogens with zero attached hydrogens (tertiary/aromatic N) is 2. The highest BCUT2D eigenvalue weighted by atomic mass is 16.1. The van der Waals surface area contributed by atoms with Crippen LogP contribution < -0.4 is 11.1 Å². The van der Waals surface area contributed by atoms with Crippen molar-refractivity contribution in [1.29, 1.82) is 0 Å². The smallest absolute Gasteiger partial charge is 0.212 e. The first kappa shape index (κ1) is 6.47. The highest BCUT2D eigenvalue weighted by Gasteiger charge is 1.95. The highest BCUT2D eigenvalue weighted by Crippen LogP contribution is 2.06. The number of nitrogens with two attached hydrogens (primary N) is 1. The van der Waals surface area contributed by atoms with Gasteiger partial charge in [-0.2, -0.15) is 0 Å². The molecule has 0 unspecified atom stereocenters. The van der Waals surface area contributed by atoms with Gasteiger partial charge in [-0.3, -0.25) is 4.79 Å². The maximum Gasteiger partial charge on any atom is 0.212 e. The lowest BCUT2D eigenvalue weighted by molar-refractivity contribution is -0.105. The molecule has 0 saturated heterocycles. The molecule has 0 atom stereocenters. The molecule has 1 aromatic rings. The van der Waals surface area contributed by atoms with Crippen LogP contribution in [0, 0.1) is 0 Å². The van der Waals surface area contributed by atoms with Crippen molar-refractivity contribution in [3.8, 4) is 0 Å². The molecule has 0 aliphatic heterocycles. The van der Waals surface area contributed by atoms with E-state index in [1.54, 1.807) is 0 Å². The second-order valence-electron chi connectivity index (χ2n) is 1.55. The Balaban J connectivity index is 2.91. The maximum atomic E-state index is 9.89. The normalized spacial score (nSPS) is 8.80. The Morgan fingerprint density at radius 1 is 1.50 bits per heavy atom. The molecule has 3 N–H and O–H groups in total. The van der Waals surface area contributed by atoms with E-state index >= 15 is 0 Å². The van der Waals surface area contributed by atoms with Gasteiger partial charge in [0.1, 0.15) is 0 Å². The van der Waals surface area contributed by atoms with E-state index in [4.69, 9.17) is 5.73 Å². The van der Waals surface area contributed by atoms with Gasteiger partial charge in [0, 0.05) is 12.4 Å². The first-order valence-corrected chi connectivity index (χ1v) is 2.61. The van der Waals surface area contributed by atoms with Gasteiger partial charge in [0.15, 0.2) is 11.6 Å². The second-order valence-corrected chi connectivity index (χ2v) is 1.55. The van der Waals surface area contributed by atoms with Crippen molar-refractivity contribution >= 4 is 18.0 Å². The van der Waals surface area contributed by atoms with E-state index in [-0.39, 0.29) is 11.6 Å². The van der Waals surface area contributed by atoms with Crippen LogP contribution in [0.4, 0.5) is 11.6 Å². The van der Waals surface area contributed by atoms with Crippen LogP contribution in [0.3, 0.4) is 0 Å². The molecule has 1 rings (SSSR count). The number of anilines is 2. The van der Waals surface area contributed by atoms with E-state index < -0.39 is 0 Å². The fraction of sp³-hybridized carbons (Fsp3) is 0. The third-order valence-electron chi connectivity index (χ3n) is 0.922. The minimum atomic E-state index is 0.217. The lowest BCUT2D eigenvalue weighted by atomic mass is 10.6. The summed E-state index contributed by atoms with van der Waals surface area (Å²) in [6.07, 6.45) is 3.40. The van der Waals surface area contributed by atoms with Gasteiger partial charge in [0.05, 0.1) is 0 Å². The van der Waals surface area contributed by atoms with E-state index in [1.807, 2.05) is 0 Å². The summed E-state index contributed by atoms with van der Waals surface area (Å²) in [5, 5.41) is 2.30. The molecule has 5 heteroatoms. The lowest BCUT2D eigenvalue weighted by Gasteiger charge is -1.97. The van der Waals surface area contributed by atoms with Crippen LogP contribution in [0.15, 0.2) is 12.4 Å². The molecule has 0 fully saturated rings. The average Bonchev–Trinajstić information content (AvgIpc) is 1.94. The molecule has 0 bridgehead atoms. The fourth-order valence-electron chi connectivity index (χ4n) is 0.516. The summed E-state index contributed by atoms with van der Waals surface area (Å²) in [6.45, 7) is 0. The molecule has 0 aromatic carbocycles. The summed E-state index contributed by atoms with van der Waals surface area (Å²) in [4.78, 5) is 17.3. The Morgan fingerprint density at radius 2 is 2.20 bits per heavy atom. The van der Waals surface area contributed by atoms with Gasteiger partial charge in [-0.15, -0.1) is 0 Å². The molecule has 5 nitrogen and oxygen atoms in total. The Kier molecular flexibility index (Phi) is 1.79. The second kappa shape index (κ2) is 2.77. The van der Waals surface area contributed by atoms with Gasteiger partial charge in [0.2, 0.25) is 6.41 Å². The minimum Gasteiger partial charge on any atom is -0.381 e. The van der Waals surface area contributed by atoms with E-state index in [0.717, 1.165) is 0 Å². The highest BCUT2D eigenvalue weighted by molar-refractivity contribution is 5.74. The van der Waals surface area contributed by atoms with Crippen molar-refractivity contribution < 1.29 is 4.79 Å². The van der Waals surface area contributed by atoms with Crippen LogP contribution in [0.1, 0.15) is 0 Å². The number of nitrogens with one attached hydrogen (secondary N) is 1. The fourth-order valence-corrected chi connectivity index (χ4v) is 0.516. The van der Waals surface area contributed by atoms with Crippen LogP contribution in [0.5, 0.6) is 0 Å². The van der Waals surface area contributed by atoms with Crippen molar-refractivity contribution in [2.75, 3.05) is 11.1 Å². The number of hydrogen-bond donors (Lipinski definition) is 2. The number of aromatic nitrogens is 2. The van der Waals surface area contributed by atoms with Gasteiger partial charge < -0.3 is 11.1 Å². The van der Waals surface area contributed by atoms with Crippen LogP contribution >= 0.6 is 0 Å². The van der Waals surface area contributed by atoms with Crippen LogP contribution in [0.2, 0.25) is 0 Å². The van der Waals surface area contributed by atoms with Crippen molar-refractivity contribution in [3.63, 3.8) is 0 Å². The Morgan fingerprint density at radius 3 is 2.80 bits per heavy atom. The van der Waals surface area contributed by atoms with Gasteiger partial charge >= 0.3 is 0 Å². The monoisotopic (exact) mass is 138 g/mol. The zero-order chi connectivity index (χ0) is 7.40. The Hall–Kier alpha value is -1.65. The molecule has 0 aliphatic carbocycles. The van der Waals surface area contributed by atoms with Gasteiger partial charge in [0.25, 0.3) is 0 Å². The number of carbonyl (C=O) groups is 1. The topological polar surface area (TPSA) is 80.9 Å². The molecule has 52 valence electrons. The summed E-state index contributed by atoms with van der Waals surface area (Å²) in [6, 6.07) is 0. The van der Waals surface area contributed by atoms with Gasteiger partial charge in [-0.25, -0.2) is 9.97 Å². The number of amides is 1. The van der Waals surface area contributed by atoms with Crippen molar-refractivity contribution in [3.05, 3.63) is 12.4 Å². The first-order valence-electron chi connectivity index (χ1n) is 2.61. The van der Waals surface area contributed by atoms with E-state index in [0.29, 0.717) is 6.41 Å². The average molecular weight is 138 g/mol. The lowest BCUT2D eigenvalue weighted by Crippen LogP contribution is -2.02. The van der Waals surface area contributed by atoms with E-state index in [2.05, 4.69) is 15.3 Å². The van der Waals surface area contributed by atoms with Gasteiger partial charge in [-0.1, -0.05) is 0 Å². The van der Waals surface area contributed by atoms with Crippen LogP contribution in [0.25, 0.3) is 0 Å². The predicted molar refractivity (Wildman–Crippen MR) is 36.1 cm³/mol. The third-order valence-corrected chi connectivity index (χ3v) is 0.922. The third kappa shape index (κ3) is 1.19. The van der Waals surface area contributed by atoms with Gasteiger partial charge in [-0.05, 0) is 0 Å². The van der Waals surface area contributed by atoms with E-state index in [9.17, 15) is 4.79 Å². The summed E-state index contributed by atoms with van der Waals surface area (Å²) >= 11 is 0. The van der Waals surface area contributed by atoms with Crippen molar-refractivity contribution in [1.82, 2.24) is 9.97 Å². The quantitative estimate of drug-likeness (QED) is 0.546. The minimum absolute atomic E-state index is 0.217. The van der Waals surface area contributed by atoms with Crippen molar-refractivity contribution in [2.24, 2.45) is 0 Å². The largest absolute Gasteiger partial charge is 0.381 e. The molecule has 1 heterocycles. The number of carbonyl (C=O) groups excluding carboxylic acids is 1. The zero-order valence-electron chi connectivity index (χ0n) is 5.11. The molecular formula is C5H6N4O. The molecule has 0 saturated carbocycles. The summed E-state index contributed by atoms with van der Waals surface area (Å²) < 4.78 is 0. The maximum absolute atomic E-state index is 9.89. The molecule has 1 amide bonds. The number of nitrogen functional groups attached to an aromatic ring is 1. The molecular weight excluding hydrogens is 132 g/mol. The SMILES string of the molecule is Nc1nccnc1NC=O. The zero-order valence-corrected chi connectivity index (χ0v) is 5.11. The van der Waals surface area contributed by atoms with Crippen LogP contribution in [-0.4, -0.2) is 16.4 Å².